The van der Waals surface area contributed by atoms with E-state index in [-0.39, 0.29) is 12.2 Å². The maximum absolute atomic E-state index is 13.6. The Labute approximate surface area is 249 Å². The summed E-state index contributed by atoms with van der Waals surface area (Å²) in [5, 5.41) is 12.7. The first-order valence-electron chi connectivity index (χ1n) is 13.8. The predicted octanol–water partition coefficient (Wildman–Crippen LogP) is 3.48. The molecule has 43 heavy (non-hydrogen) atoms. The van der Waals surface area contributed by atoms with E-state index in [1.54, 1.807) is 13.8 Å². The van der Waals surface area contributed by atoms with E-state index in [9.17, 15) is 24.3 Å². The Morgan fingerprint density at radius 2 is 1.77 bits per heavy atom. The van der Waals surface area contributed by atoms with Gasteiger partial charge in [-0.3, -0.25) is 14.4 Å². The minimum Gasteiger partial charge on any atom is -0.503 e. The van der Waals surface area contributed by atoms with Crippen molar-refractivity contribution in [1.82, 2.24) is 10.3 Å². The molecule has 11 nitrogen and oxygen atoms in total. The van der Waals surface area contributed by atoms with E-state index in [1.807, 2.05) is 54.6 Å². The zero-order valence-corrected chi connectivity index (χ0v) is 24.3. The van der Waals surface area contributed by atoms with Crippen LogP contribution in [0.1, 0.15) is 36.8 Å². The molecule has 2 heterocycles. The third-order valence-electron chi connectivity index (χ3n) is 6.98. The molecule has 0 saturated carbocycles. The summed E-state index contributed by atoms with van der Waals surface area (Å²) in [6, 6.07) is 17.2. The first-order chi connectivity index (χ1) is 20.6. The van der Waals surface area contributed by atoms with Crippen LogP contribution in [0.4, 0.5) is 0 Å². The van der Waals surface area contributed by atoms with Gasteiger partial charge in [0.15, 0.2) is 29.3 Å². The van der Waals surface area contributed by atoms with Crippen LogP contribution in [0.3, 0.4) is 0 Å². The fourth-order valence-corrected chi connectivity index (χ4v) is 4.64. The lowest BCUT2D eigenvalue weighted by molar-refractivity contribution is -0.176. The van der Waals surface area contributed by atoms with Crippen molar-refractivity contribution in [1.29, 1.82) is 0 Å². The van der Waals surface area contributed by atoms with Crippen LogP contribution in [-0.2, 0) is 35.0 Å². The van der Waals surface area contributed by atoms with Gasteiger partial charge < -0.3 is 29.4 Å². The second-order valence-corrected chi connectivity index (χ2v) is 10.4. The van der Waals surface area contributed by atoms with Gasteiger partial charge in [0.1, 0.15) is 18.6 Å². The van der Waals surface area contributed by atoms with Crippen LogP contribution in [0.2, 0.25) is 0 Å². The Kier molecular flexibility index (Phi) is 9.97. The fourth-order valence-electron chi connectivity index (χ4n) is 4.64. The number of esters is 3. The van der Waals surface area contributed by atoms with Crippen LogP contribution in [0.15, 0.2) is 66.9 Å². The Hall–Kier alpha value is -4.93. The van der Waals surface area contributed by atoms with Crippen molar-refractivity contribution in [3.63, 3.8) is 0 Å². The van der Waals surface area contributed by atoms with Crippen molar-refractivity contribution >= 4 is 23.8 Å². The Morgan fingerprint density at radius 1 is 1.05 bits per heavy atom. The standard InChI is InChI=1S/C32H34N2O9/c1-18(2)30(37)43-28-19(3)42-32(39)24(34-29(36)26-27(35)25(40-4)13-14-33-26)17-41-31(38)23(28)16-20-9-8-12-22(15-20)21-10-6-5-7-11-21/h5-15,18-19,23-24,28,35H,16-17H2,1-4H3,(H,34,36). The molecule has 0 bridgehead atoms. The number of pyridine rings is 1. The van der Waals surface area contributed by atoms with Gasteiger partial charge in [-0.1, -0.05) is 68.4 Å². The van der Waals surface area contributed by atoms with Gasteiger partial charge >= 0.3 is 17.9 Å². The minimum atomic E-state index is -1.44. The lowest BCUT2D eigenvalue weighted by Gasteiger charge is -2.29. The minimum absolute atomic E-state index is 0.00577. The number of cyclic esters (lactones) is 2. The summed E-state index contributed by atoms with van der Waals surface area (Å²) in [4.78, 5) is 56.2. The molecule has 4 unspecified atom stereocenters. The second-order valence-electron chi connectivity index (χ2n) is 10.4. The van der Waals surface area contributed by atoms with Gasteiger partial charge in [-0.15, -0.1) is 0 Å². The number of amides is 1. The van der Waals surface area contributed by atoms with Crippen molar-refractivity contribution in [2.45, 2.75) is 45.4 Å². The Bertz CT molecular complexity index is 1470. The van der Waals surface area contributed by atoms with Crippen molar-refractivity contribution in [3.05, 3.63) is 78.1 Å². The van der Waals surface area contributed by atoms with Crippen LogP contribution < -0.4 is 10.1 Å². The number of nitrogens with one attached hydrogen (secondary N) is 1. The Balaban J connectivity index is 1.61. The van der Waals surface area contributed by atoms with E-state index in [2.05, 4.69) is 10.3 Å². The summed E-state index contributed by atoms with van der Waals surface area (Å²) in [7, 11) is 1.31. The Morgan fingerprint density at radius 3 is 2.47 bits per heavy atom. The summed E-state index contributed by atoms with van der Waals surface area (Å²) in [6.07, 6.45) is -0.880. The van der Waals surface area contributed by atoms with Crippen molar-refractivity contribution in [2.75, 3.05) is 13.7 Å². The molecule has 1 saturated heterocycles. The monoisotopic (exact) mass is 590 g/mol. The molecule has 0 radical (unpaired) electrons. The number of carbonyl (C=O) groups excluding carboxylic acids is 4. The SMILES string of the molecule is COc1ccnc(C(=O)NC2COC(=O)C(Cc3cccc(-c4ccccc4)c3)C(OC(=O)C(C)C)C(C)OC2=O)c1O. The van der Waals surface area contributed by atoms with Gasteiger partial charge in [-0.25, -0.2) is 9.78 Å². The van der Waals surface area contributed by atoms with Crippen molar-refractivity contribution in [3.8, 4) is 22.6 Å². The number of hydrogen-bond donors (Lipinski definition) is 2. The number of methoxy groups -OCH3 is 1. The molecular weight excluding hydrogens is 556 g/mol. The number of carbonyl (C=O) groups is 4. The van der Waals surface area contributed by atoms with E-state index in [4.69, 9.17) is 18.9 Å². The molecule has 2 aromatic carbocycles. The summed E-state index contributed by atoms with van der Waals surface area (Å²) >= 11 is 0. The van der Waals surface area contributed by atoms with E-state index < -0.39 is 72.0 Å². The molecule has 1 amide bonds. The van der Waals surface area contributed by atoms with Crippen molar-refractivity contribution < 1.29 is 43.2 Å². The quantitative estimate of drug-likeness (QED) is 0.295. The number of hydrogen-bond acceptors (Lipinski definition) is 10. The van der Waals surface area contributed by atoms with Crippen LogP contribution in [0.25, 0.3) is 11.1 Å². The zero-order valence-electron chi connectivity index (χ0n) is 24.3. The maximum atomic E-state index is 13.6. The highest BCUT2D eigenvalue weighted by atomic mass is 16.6. The van der Waals surface area contributed by atoms with E-state index in [0.29, 0.717) is 0 Å². The normalized spacial score (nSPS) is 20.6. The first-order valence-corrected chi connectivity index (χ1v) is 13.8. The zero-order chi connectivity index (χ0) is 31.1. The van der Waals surface area contributed by atoms with Crippen LogP contribution in [0, 0.1) is 11.8 Å². The highest BCUT2D eigenvalue weighted by Gasteiger charge is 2.42. The number of benzene rings is 2. The average Bonchev–Trinajstić information content (AvgIpc) is 3.03. The maximum Gasteiger partial charge on any atom is 0.332 e. The highest BCUT2D eigenvalue weighted by molar-refractivity contribution is 5.98. The molecule has 1 aromatic heterocycles. The van der Waals surface area contributed by atoms with Crippen molar-refractivity contribution in [2.24, 2.45) is 11.8 Å². The molecule has 0 aliphatic carbocycles. The summed E-state index contributed by atoms with van der Waals surface area (Å²) in [5.74, 6) is -5.22. The molecule has 11 heteroatoms. The van der Waals surface area contributed by atoms with Gasteiger partial charge in [0.05, 0.1) is 13.0 Å². The molecule has 3 aromatic rings. The molecular formula is C32H34N2O9. The molecule has 4 rings (SSSR count). The third-order valence-corrected chi connectivity index (χ3v) is 6.98. The molecule has 1 fully saturated rings. The number of nitrogens with zero attached hydrogens (tertiary/aromatic N) is 1. The summed E-state index contributed by atoms with van der Waals surface area (Å²) in [6.45, 7) is 4.25. The van der Waals surface area contributed by atoms with Crippen LogP contribution in [-0.4, -0.2) is 65.9 Å². The number of rotatable bonds is 8. The van der Waals surface area contributed by atoms with E-state index in [0.717, 1.165) is 16.7 Å². The van der Waals surface area contributed by atoms with Gasteiger partial charge in [-0.2, -0.15) is 0 Å². The molecule has 2 N–H and O–H groups in total. The highest BCUT2D eigenvalue weighted by Crippen LogP contribution is 2.29. The van der Waals surface area contributed by atoms with Crippen LogP contribution in [0.5, 0.6) is 11.5 Å². The predicted molar refractivity (Wildman–Crippen MR) is 154 cm³/mol. The van der Waals surface area contributed by atoms with Gasteiger partial charge in [0, 0.05) is 12.3 Å². The molecule has 1 aliphatic heterocycles. The summed E-state index contributed by atoms with van der Waals surface area (Å²) < 4.78 is 21.9. The lowest BCUT2D eigenvalue weighted by atomic mass is 9.89. The molecule has 226 valence electrons. The third kappa shape index (κ3) is 7.48. The second kappa shape index (κ2) is 13.8. The average molecular weight is 591 g/mol. The fraction of sp³-hybridized carbons (Fsp3) is 0.344. The first kappa shape index (κ1) is 31.0. The smallest absolute Gasteiger partial charge is 0.332 e. The lowest BCUT2D eigenvalue weighted by Crippen LogP contribution is -2.47. The number of ether oxygens (including phenoxy) is 4. The van der Waals surface area contributed by atoms with E-state index in [1.165, 1.54) is 26.3 Å². The number of aromatic hydroxyl groups is 1. The molecule has 0 spiro atoms. The molecule has 1 aliphatic rings. The van der Waals surface area contributed by atoms with Gasteiger partial charge in [-0.05, 0) is 30.0 Å². The van der Waals surface area contributed by atoms with Gasteiger partial charge in [0.2, 0.25) is 0 Å². The molecule has 4 atom stereocenters. The summed E-state index contributed by atoms with van der Waals surface area (Å²) in [5.41, 5.74) is 2.30. The van der Waals surface area contributed by atoms with E-state index >= 15 is 0 Å². The van der Waals surface area contributed by atoms with Crippen LogP contribution >= 0.6 is 0 Å². The topological polar surface area (TPSA) is 150 Å². The number of aromatic nitrogens is 1. The van der Waals surface area contributed by atoms with Gasteiger partial charge in [0.25, 0.3) is 5.91 Å². The largest absolute Gasteiger partial charge is 0.503 e.